The largest absolute Gasteiger partial charge is 0.492 e. The van der Waals surface area contributed by atoms with Gasteiger partial charge in [-0.25, -0.2) is 4.98 Å². The Hall–Kier alpha value is -4.59. The first kappa shape index (κ1) is 30.4. The number of nitrogens with zero attached hydrogens (tertiary/aromatic N) is 5. The molecule has 0 aliphatic heterocycles. The van der Waals surface area contributed by atoms with Crippen molar-refractivity contribution in [3.8, 4) is 17.6 Å². The zero-order valence-corrected chi connectivity index (χ0v) is 25.1. The lowest BCUT2D eigenvalue weighted by molar-refractivity contribution is -0.111. The van der Waals surface area contributed by atoms with Crippen LogP contribution in [0.25, 0.3) is 10.9 Å². The molecule has 0 radical (unpaired) electrons. The highest BCUT2D eigenvalue weighted by Gasteiger charge is 2.19. The first-order valence-electron chi connectivity index (χ1n) is 13.5. The molecular weight excluding hydrogens is 554 g/mol. The van der Waals surface area contributed by atoms with Gasteiger partial charge in [0.2, 0.25) is 5.91 Å². The maximum Gasteiger partial charge on any atom is 0.248 e. The summed E-state index contributed by atoms with van der Waals surface area (Å²) >= 11 is 6.58. The van der Waals surface area contributed by atoms with Crippen LogP contribution < -0.4 is 20.1 Å². The second-order valence-electron chi connectivity index (χ2n) is 9.82. The first-order chi connectivity index (χ1) is 20.2. The third kappa shape index (κ3) is 7.37. The van der Waals surface area contributed by atoms with Gasteiger partial charge in [0.25, 0.3) is 0 Å². The molecule has 0 unspecified atom stereocenters. The molecule has 218 valence electrons. The van der Waals surface area contributed by atoms with Crippen molar-refractivity contribution in [1.82, 2.24) is 19.4 Å². The number of nitriles is 1. The Labute approximate surface area is 250 Å². The van der Waals surface area contributed by atoms with E-state index < -0.39 is 0 Å². The molecule has 0 saturated heterocycles. The van der Waals surface area contributed by atoms with E-state index in [9.17, 15) is 10.1 Å². The highest BCUT2D eigenvalue weighted by molar-refractivity contribution is 6.32. The fraction of sp³-hybridized carbons (Fsp3) is 0.290. The van der Waals surface area contributed by atoms with Crippen LogP contribution >= 0.6 is 11.6 Å². The van der Waals surface area contributed by atoms with Crippen molar-refractivity contribution >= 4 is 45.5 Å². The van der Waals surface area contributed by atoms with E-state index in [-0.39, 0.29) is 12.5 Å². The first-order valence-corrected chi connectivity index (χ1v) is 13.9. The van der Waals surface area contributed by atoms with Crippen LogP contribution in [0.5, 0.6) is 11.5 Å². The molecule has 10 nitrogen and oxygen atoms in total. The molecule has 2 N–H and O–H groups in total. The molecule has 2 aromatic carbocycles. The number of ether oxygens (including phenoxy) is 2. The van der Waals surface area contributed by atoms with Crippen molar-refractivity contribution in [3.05, 3.63) is 77.0 Å². The summed E-state index contributed by atoms with van der Waals surface area (Å²) in [6, 6.07) is 11.2. The second kappa shape index (κ2) is 13.9. The molecule has 0 bridgehead atoms. The van der Waals surface area contributed by atoms with Gasteiger partial charge in [-0.2, -0.15) is 5.26 Å². The van der Waals surface area contributed by atoms with Crippen LogP contribution in [0.15, 0.2) is 55.0 Å². The van der Waals surface area contributed by atoms with Crippen LogP contribution in [-0.4, -0.2) is 52.6 Å². The van der Waals surface area contributed by atoms with Crippen LogP contribution in [-0.2, 0) is 24.9 Å². The molecular formula is C31H34ClN7O3. The summed E-state index contributed by atoms with van der Waals surface area (Å²) in [5, 5.41) is 17.5. The van der Waals surface area contributed by atoms with E-state index in [0.29, 0.717) is 75.3 Å². The molecule has 42 heavy (non-hydrogen) atoms. The minimum atomic E-state index is -0.293. The number of nitrogens with one attached hydrogen (secondary N) is 2. The van der Waals surface area contributed by atoms with Crippen molar-refractivity contribution in [2.45, 2.75) is 26.9 Å². The van der Waals surface area contributed by atoms with Crippen LogP contribution in [0.1, 0.15) is 30.8 Å². The molecule has 0 atom stereocenters. The minimum absolute atomic E-state index is 0.280. The maximum atomic E-state index is 12.7. The lowest BCUT2D eigenvalue weighted by atomic mass is 10.0. The molecule has 0 aliphatic rings. The van der Waals surface area contributed by atoms with Gasteiger partial charge in [-0.3, -0.25) is 9.78 Å². The summed E-state index contributed by atoms with van der Waals surface area (Å²) in [4.78, 5) is 23.7. The molecule has 4 rings (SSSR count). The number of imidazole rings is 1. The van der Waals surface area contributed by atoms with Crippen molar-refractivity contribution in [2.24, 2.45) is 7.05 Å². The van der Waals surface area contributed by atoms with Crippen LogP contribution in [0.4, 0.5) is 17.1 Å². The monoisotopic (exact) mass is 587 g/mol. The molecule has 0 saturated carbocycles. The van der Waals surface area contributed by atoms with Crippen molar-refractivity contribution in [2.75, 3.05) is 37.9 Å². The standard InChI is InChI=1S/C31H34ClN7O3/c1-6-25-23(16-33)31(35-20-10-11-28(24(32)13-20)42-18-21-17-39(5)19-34-21)22-14-27(29(41-7-2)15-26(22)36-25)37-30(40)9-8-12-38(3)4/h8-11,13-15,17,19H,6-7,12,18H2,1-5H3,(H,35,36)(H,37,40)/b9-8+. The Morgan fingerprint density at radius 1 is 1.19 bits per heavy atom. The van der Waals surface area contributed by atoms with Crippen molar-refractivity contribution in [1.29, 1.82) is 5.26 Å². The number of hydrogen-bond donors (Lipinski definition) is 2. The van der Waals surface area contributed by atoms with Gasteiger partial charge in [0, 0.05) is 43.0 Å². The van der Waals surface area contributed by atoms with Crippen LogP contribution in [0.3, 0.4) is 0 Å². The van der Waals surface area contributed by atoms with Gasteiger partial charge < -0.3 is 29.6 Å². The number of anilines is 3. The lowest BCUT2D eigenvalue weighted by Gasteiger charge is -2.18. The van der Waals surface area contributed by atoms with Gasteiger partial charge in [-0.1, -0.05) is 24.6 Å². The maximum absolute atomic E-state index is 12.7. The van der Waals surface area contributed by atoms with E-state index >= 15 is 0 Å². The molecule has 4 aromatic rings. The fourth-order valence-electron chi connectivity index (χ4n) is 4.30. The van der Waals surface area contributed by atoms with Gasteiger partial charge in [0.05, 0.1) is 51.8 Å². The molecule has 11 heteroatoms. The predicted octanol–water partition coefficient (Wildman–Crippen LogP) is 5.83. The smallest absolute Gasteiger partial charge is 0.248 e. The number of aryl methyl sites for hydroxylation is 2. The van der Waals surface area contributed by atoms with E-state index in [0.717, 1.165) is 5.69 Å². The zero-order valence-electron chi connectivity index (χ0n) is 24.4. The Morgan fingerprint density at radius 2 is 2.00 bits per heavy atom. The molecule has 1 amide bonds. The average molecular weight is 588 g/mol. The van der Waals surface area contributed by atoms with E-state index in [4.69, 9.17) is 26.1 Å². The number of pyridine rings is 1. The molecule has 0 fully saturated rings. The van der Waals surface area contributed by atoms with E-state index in [2.05, 4.69) is 21.7 Å². The number of likely N-dealkylation sites (N-methyl/N-ethyl adjacent to an activating group) is 1. The average Bonchev–Trinajstić information content (AvgIpc) is 3.37. The minimum Gasteiger partial charge on any atom is -0.492 e. The topological polar surface area (TPSA) is 117 Å². The van der Waals surface area contributed by atoms with E-state index in [1.165, 1.54) is 6.08 Å². The molecule has 2 heterocycles. The SMILES string of the molecule is CCOc1cc2nc(CC)c(C#N)c(Nc3ccc(OCc4cn(C)cn4)c(Cl)c3)c2cc1NC(=O)/C=C/CN(C)C. The highest BCUT2D eigenvalue weighted by atomic mass is 35.5. The second-order valence-corrected chi connectivity index (χ2v) is 10.2. The fourth-order valence-corrected chi connectivity index (χ4v) is 4.53. The van der Waals surface area contributed by atoms with Gasteiger partial charge in [0.1, 0.15) is 24.2 Å². The number of rotatable bonds is 12. The number of aromatic nitrogens is 3. The summed E-state index contributed by atoms with van der Waals surface area (Å²) in [7, 11) is 5.74. The summed E-state index contributed by atoms with van der Waals surface area (Å²) in [6.07, 6.45) is 7.39. The Kier molecular flexibility index (Phi) is 10.0. The molecule has 2 aromatic heterocycles. The number of hydrogen-bond acceptors (Lipinski definition) is 8. The lowest BCUT2D eigenvalue weighted by Crippen LogP contribution is -2.13. The third-order valence-electron chi connectivity index (χ3n) is 6.24. The van der Waals surface area contributed by atoms with Gasteiger partial charge >= 0.3 is 0 Å². The Balaban J connectivity index is 1.71. The zero-order chi connectivity index (χ0) is 30.2. The summed E-state index contributed by atoms with van der Waals surface area (Å²) in [5.41, 5.74) is 4.13. The van der Waals surface area contributed by atoms with Gasteiger partial charge in [-0.15, -0.1) is 0 Å². The quantitative estimate of drug-likeness (QED) is 0.199. The van der Waals surface area contributed by atoms with E-state index in [1.807, 2.05) is 56.7 Å². The Bertz CT molecular complexity index is 1660. The molecule has 0 aliphatic carbocycles. The highest BCUT2D eigenvalue weighted by Crippen LogP contribution is 2.38. The Morgan fingerprint density at radius 3 is 2.64 bits per heavy atom. The summed E-state index contributed by atoms with van der Waals surface area (Å²) in [6.45, 7) is 5.13. The number of fused-ring (bicyclic) bond motifs is 1. The molecule has 0 spiro atoms. The number of benzene rings is 2. The summed E-state index contributed by atoms with van der Waals surface area (Å²) in [5.74, 6) is 0.705. The number of carbonyl (C=O) groups is 1. The van der Waals surface area contributed by atoms with Crippen molar-refractivity contribution < 1.29 is 14.3 Å². The van der Waals surface area contributed by atoms with Gasteiger partial charge in [-0.05, 0) is 51.7 Å². The van der Waals surface area contributed by atoms with Crippen LogP contribution in [0, 0.1) is 11.3 Å². The number of carbonyl (C=O) groups excluding carboxylic acids is 1. The predicted molar refractivity (Wildman–Crippen MR) is 166 cm³/mol. The van der Waals surface area contributed by atoms with Crippen LogP contribution in [0.2, 0.25) is 5.02 Å². The number of halogens is 1. The summed E-state index contributed by atoms with van der Waals surface area (Å²) < 4.78 is 13.6. The van der Waals surface area contributed by atoms with Gasteiger partial charge in [0.15, 0.2) is 0 Å². The third-order valence-corrected chi connectivity index (χ3v) is 6.54. The normalized spacial score (nSPS) is 11.2. The van der Waals surface area contributed by atoms with Crippen molar-refractivity contribution in [3.63, 3.8) is 0 Å². The van der Waals surface area contributed by atoms with E-state index in [1.54, 1.807) is 36.7 Å². The number of amides is 1.